The molecule has 0 fully saturated rings. The van der Waals surface area contributed by atoms with Gasteiger partial charge in [0.25, 0.3) is 0 Å². The van der Waals surface area contributed by atoms with Crippen molar-refractivity contribution in [3.63, 3.8) is 0 Å². The van der Waals surface area contributed by atoms with Gasteiger partial charge in [0.05, 0.1) is 18.2 Å². The maximum absolute atomic E-state index is 13.1. The summed E-state index contributed by atoms with van der Waals surface area (Å²) in [6, 6.07) is 6.01. The second-order valence-corrected chi connectivity index (χ2v) is 3.26. The maximum atomic E-state index is 13.1. The number of hydrogen-bond acceptors (Lipinski definition) is 4. The number of anilines is 1. The fraction of sp³-hybridized carbons (Fsp3) is 0.100. The molecule has 1 aromatic carbocycles. The van der Waals surface area contributed by atoms with E-state index in [1.807, 2.05) is 6.07 Å². The predicted molar refractivity (Wildman–Crippen MR) is 54.7 cm³/mol. The summed E-state index contributed by atoms with van der Waals surface area (Å²) in [7, 11) is 0. The average molecular weight is 217 g/mol. The van der Waals surface area contributed by atoms with E-state index in [1.54, 1.807) is 6.07 Å². The molecule has 1 heterocycles. The van der Waals surface area contributed by atoms with E-state index in [-0.39, 0.29) is 11.5 Å². The van der Waals surface area contributed by atoms with Crippen LogP contribution in [0.4, 0.5) is 10.3 Å². The Labute approximate surface area is 90.9 Å². The summed E-state index contributed by atoms with van der Waals surface area (Å²) in [4.78, 5) is 3.75. The molecule has 2 rings (SSSR count). The molecule has 80 valence electrons. The predicted octanol–water partition coefficient (Wildman–Crippen LogP) is 0.919. The minimum absolute atomic E-state index is 0.164. The summed E-state index contributed by atoms with van der Waals surface area (Å²) in [5.41, 5.74) is 6.27. The second-order valence-electron chi connectivity index (χ2n) is 3.26. The van der Waals surface area contributed by atoms with Crippen LogP contribution >= 0.6 is 0 Å². The lowest BCUT2D eigenvalue weighted by molar-refractivity contribution is 0.618. The fourth-order valence-corrected chi connectivity index (χ4v) is 1.38. The minimum atomic E-state index is -0.442. The van der Waals surface area contributed by atoms with Gasteiger partial charge in [-0.2, -0.15) is 5.26 Å². The number of halogens is 1. The normalized spacial score (nSPS) is 10.0. The minimum Gasteiger partial charge on any atom is -0.367 e. The fourth-order valence-electron chi connectivity index (χ4n) is 1.38. The number of nitrogens with two attached hydrogens (primary N) is 1. The third-order valence-corrected chi connectivity index (χ3v) is 1.99. The molecule has 2 aromatic rings. The van der Waals surface area contributed by atoms with Gasteiger partial charge in [0.2, 0.25) is 5.95 Å². The Balaban J connectivity index is 2.28. The van der Waals surface area contributed by atoms with Crippen LogP contribution in [0.3, 0.4) is 0 Å². The highest BCUT2D eigenvalue weighted by Crippen LogP contribution is 2.09. The van der Waals surface area contributed by atoms with Gasteiger partial charge in [-0.15, -0.1) is 5.10 Å². The number of nitrogens with zero attached hydrogens (tertiary/aromatic N) is 4. The van der Waals surface area contributed by atoms with Crippen LogP contribution in [0.15, 0.2) is 24.5 Å². The van der Waals surface area contributed by atoms with Crippen molar-refractivity contribution >= 4 is 5.95 Å². The number of aromatic nitrogens is 3. The standard InChI is InChI=1S/C10H8FN5/c11-9-2-7(4-12)1-8(3-9)5-16-6-14-10(13)15-16/h1-3,6H,5H2,(H2,13,15). The lowest BCUT2D eigenvalue weighted by atomic mass is 10.1. The second kappa shape index (κ2) is 3.98. The first-order chi connectivity index (χ1) is 7.67. The van der Waals surface area contributed by atoms with Crippen LogP contribution in [0.2, 0.25) is 0 Å². The zero-order valence-electron chi connectivity index (χ0n) is 8.26. The highest BCUT2D eigenvalue weighted by molar-refractivity contribution is 5.33. The highest BCUT2D eigenvalue weighted by atomic mass is 19.1. The number of rotatable bonds is 2. The Bertz CT molecular complexity index is 555. The molecule has 0 aliphatic heterocycles. The van der Waals surface area contributed by atoms with Gasteiger partial charge in [-0.25, -0.2) is 14.1 Å². The number of nitrogen functional groups attached to an aromatic ring is 1. The van der Waals surface area contributed by atoms with Gasteiger partial charge in [0.1, 0.15) is 12.1 Å². The summed E-state index contributed by atoms with van der Waals surface area (Å²) in [5.74, 6) is -0.279. The molecule has 0 unspecified atom stereocenters. The molecule has 0 spiro atoms. The zero-order valence-corrected chi connectivity index (χ0v) is 8.26. The van der Waals surface area contributed by atoms with E-state index in [0.29, 0.717) is 12.1 Å². The SMILES string of the molecule is N#Cc1cc(F)cc(Cn2cnc(N)n2)c1. The average Bonchev–Trinajstić information content (AvgIpc) is 2.63. The van der Waals surface area contributed by atoms with Gasteiger partial charge in [-0.05, 0) is 23.8 Å². The van der Waals surface area contributed by atoms with Crippen LogP contribution in [-0.2, 0) is 6.54 Å². The molecule has 0 aliphatic carbocycles. The third-order valence-electron chi connectivity index (χ3n) is 1.99. The Morgan fingerprint density at radius 3 is 2.88 bits per heavy atom. The van der Waals surface area contributed by atoms with Gasteiger partial charge in [-0.1, -0.05) is 0 Å². The largest absolute Gasteiger partial charge is 0.367 e. The Hall–Kier alpha value is -2.42. The van der Waals surface area contributed by atoms with Crippen LogP contribution in [0.5, 0.6) is 0 Å². The van der Waals surface area contributed by atoms with Crippen molar-refractivity contribution in [3.8, 4) is 6.07 Å². The van der Waals surface area contributed by atoms with E-state index >= 15 is 0 Å². The van der Waals surface area contributed by atoms with Crippen LogP contribution < -0.4 is 5.73 Å². The summed E-state index contributed by atoms with van der Waals surface area (Å²) in [5, 5.41) is 12.6. The highest BCUT2D eigenvalue weighted by Gasteiger charge is 2.02. The summed E-state index contributed by atoms with van der Waals surface area (Å²) < 4.78 is 14.6. The molecule has 0 atom stereocenters. The van der Waals surface area contributed by atoms with Gasteiger partial charge in [0, 0.05) is 0 Å². The molecule has 2 N–H and O–H groups in total. The summed E-state index contributed by atoms with van der Waals surface area (Å²) in [6.45, 7) is 0.330. The third kappa shape index (κ3) is 2.15. The van der Waals surface area contributed by atoms with Crippen LogP contribution in [0.25, 0.3) is 0 Å². The van der Waals surface area contributed by atoms with Crippen molar-refractivity contribution in [2.75, 3.05) is 5.73 Å². The monoisotopic (exact) mass is 217 g/mol. The van der Waals surface area contributed by atoms with E-state index in [4.69, 9.17) is 11.0 Å². The van der Waals surface area contributed by atoms with Crippen LogP contribution in [0, 0.1) is 17.1 Å². The van der Waals surface area contributed by atoms with Crippen LogP contribution in [0.1, 0.15) is 11.1 Å². The van der Waals surface area contributed by atoms with Crippen molar-refractivity contribution in [1.29, 1.82) is 5.26 Å². The molecule has 5 nitrogen and oxygen atoms in total. The smallest absolute Gasteiger partial charge is 0.239 e. The molecule has 0 saturated heterocycles. The van der Waals surface area contributed by atoms with Crippen LogP contribution in [-0.4, -0.2) is 14.8 Å². The molecule has 0 saturated carbocycles. The Morgan fingerprint density at radius 2 is 2.25 bits per heavy atom. The lowest BCUT2D eigenvalue weighted by Gasteiger charge is -2.01. The van der Waals surface area contributed by atoms with E-state index in [1.165, 1.54) is 23.1 Å². The molecule has 16 heavy (non-hydrogen) atoms. The first kappa shape index (κ1) is 10.1. The molecule has 0 bridgehead atoms. The van der Waals surface area contributed by atoms with Gasteiger partial charge < -0.3 is 5.73 Å². The Kier molecular flexibility index (Phi) is 2.52. The number of hydrogen-bond donors (Lipinski definition) is 1. The molecule has 0 radical (unpaired) electrons. The molecule has 0 aliphatic rings. The van der Waals surface area contributed by atoms with Crippen molar-refractivity contribution in [2.45, 2.75) is 6.54 Å². The van der Waals surface area contributed by atoms with E-state index in [9.17, 15) is 4.39 Å². The Morgan fingerprint density at radius 1 is 1.44 bits per heavy atom. The number of nitriles is 1. The lowest BCUT2D eigenvalue weighted by Crippen LogP contribution is -2.02. The van der Waals surface area contributed by atoms with Gasteiger partial charge in [0.15, 0.2) is 0 Å². The first-order valence-corrected chi connectivity index (χ1v) is 4.52. The molecule has 0 amide bonds. The van der Waals surface area contributed by atoms with E-state index in [2.05, 4.69) is 10.1 Å². The molecular formula is C10H8FN5. The maximum Gasteiger partial charge on any atom is 0.239 e. The summed E-state index contributed by atoms with van der Waals surface area (Å²) >= 11 is 0. The van der Waals surface area contributed by atoms with Gasteiger partial charge in [-0.3, -0.25) is 0 Å². The molecule has 6 heteroatoms. The summed E-state index contributed by atoms with van der Waals surface area (Å²) in [6.07, 6.45) is 1.45. The van der Waals surface area contributed by atoms with E-state index in [0.717, 1.165) is 0 Å². The molecule has 1 aromatic heterocycles. The van der Waals surface area contributed by atoms with Crippen molar-refractivity contribution < 1.29 is 4.39 Å². The number of benzene rings is 1. The zero-order chi connectivity index (χ0) is 11.5. The topological polar surface area (TPSA) is 80.5 Å². The van der Waals surface area contributed by atoms with Crippen molar-refractivity contribution in [2.24, 2.45) is 0 Å². The van der Waals surface area contributed by atoms with Crippen molar-refractivity contribution in [3.05, 3.63) is 41.5 Å². The molecular weight excluding hydrogens is 209 g/mol. The van der Waals surface area contributed by atoms with Gasteiger partial charge >= 0.3 is 0 Å². The van der Waals surface area contributed by atoms with E-state index < -0.39 is 5.82 Å². The first-order valence-electron chi connectivity index (χ1n) is 4.52. The quantitative estimate of drug-likeness (QED) is 0.811. The van der Waals surface area contributed by atoms with Crippen molar-refractivity contribution in [1.82, 2.24) is 14.8 Å².